The van der Waals surface area contributed by atoms with Crippen molar-refractivity contribution >= 4 is 27.7 Å². The maximum atomic E-state index is 12.4. The van der Waals surface area contributed by atoms with Crippen LogP contribution in [0.4, 0.5) is 0 Å². The van der Waals surface area contributed by atoms with Gasteiger partial charge in [-0.2, -0.15) is 11.8 Å². The van der Waals surface area contributed by atoms with Gasteiger partial charge >= 0.3 is 0 Å². The molecule has 0 radical (unpaired) electrons. The van der Waals surface area contributed by atoms with Crippen molar-refractivity contribution in [3.63, 3.8) is 0 Å². The van der Waals surface area contributed by atoms with Gasteiger partial charge in [-0.15, -0.1) is 0 Å². The van der Waals surface area contributed by atoms with Crippen LogP contribution in [0.15, 0.2) is 29.3 Å². The molecule has 9 heteroatoms. The summed E-state index contributed by atoms with van der Waals surface area (Å²) >= 11 is 1.80. The Morgan fingerprint density at radius 2 is 1.96 bits per heavy atom. The smallest absolute Gasteiger partial charge is 0.215 e. The molecule has 0 atom stereocenters. The van der Waals surface area contributed by atoms with E-state index in [1.165, 1.54) is 0 Å². The number of hydrogen-bond acceptors (Lipinski definition) is 5. The number of guanidine groups is 1. The molecule has 152 valence electrons. The van der Waals surface area contributed by atoms with E-state index < -0.39 is 10.0 Å². The fourth-order valence-electron chi connectivity index (χ4n) is 2.69. The van der Waals surface area contributed by atoms with Gasteiger partial charge in [-0.25, -0.2) is 17.7 Å². The molecule has 1 aromatic rings. The van der Waals surface area contributed by atoms with Crippen LogP contribution in [-0.4, -0.2) is 68.7 Å². The third-order valence-electron chi connectivity index (χ3n) is 4.04. The largest absolute Gasteiger partial charge is 0.494 e. The van der Waals surface area contributed by atoms with Crippen molar-refractivity contribution in [3.05, 3.63) is 29.8 Å². The summed E-state index contributed by atoms with van der Waals surface area (Å²) in [6, 6.07) is 7.80. The van der Waals surface area contributed by atoms with Crippen molar-refractivity contribution < 1.29 is 13.2 Å². The van der Waals surface area contributed by atoms with Gasteiger partial charge in [0.15, 0.2) is 5.96 Å². The Morgan fingerprint density at radius 1 is 1.22 bits per heavy atom. The maximum absolute atomic E-state index is 12.4. The van der Waals surface area contributed by atoms with Crippen molar-refractivity contribution in [1.29, 1.82) is 0 Å². The van der Waals surface area contributed by atoms with Crippen molar-refractivity contribution in [2.45, 2.75) is 20.4 Å². The Kier molecular flexibility index (Phi) is 9.23. The van der Waals surface area contributed by atoms with E-state index in [4.69, 9.17) is 4.74 Å². The zero-order valence-electron chi connectivity index (χ0n) is 16.1. The van der Waals surface area contributed by atoms with Crippen LogP contribution in [0.1, 0.15) is 19.4 Å². The summed E-state index contributed by atoms with van der Waals surface area (Å²) in [7, 11) is -3.22. The second-order valence-electron chi connectivity index (χ2n) is 5.99. The molecule has 2 rings (SSSR count). The summed E-state index contributed by atoms with van der Waals surface area (Å²) < 4.78 is 32.1. The molecule has 0 aliphatic carbocycles. The number of nitrogens with zero attached hydrogens (tertiary/aromatic N) is 2. The lowest BCUT2D eigenvalue weighted by molar-refractivity contribution is 0.336. The summed E-state index contributed by atoms with van der Waals surface area (Å²) in [5.74, 6) is 3.24. The van der Waals surface area contributed by atoms with Gasteiger partial charge in [0.2, 0.25) is 10.0 Å². The zero-order chi connectivity index (χ0) is 19.5. The van der Waals surface area contributed by atoms with E-state index in [2.05, 4.69) is 15.6 Å². The number of thioether (sulfide) groups is 1. The molecule has 1 aliphatic heterocycles. The molecular weight excluding hydrogens is 384 g/mol. The van der Waals surface area contributed by atoms with E-state index in [9.17, 15) is 8.42 Å². The molecule has 1 fully saturated rings. The Labute approximate surface area is 167 Å². The van der Waals surface area contributed by atoms with Gasteiger partial charge in [-0.3, -0.25) is 0 Å². The number of nitrogens with one attached hydrogen (secondary N) is 2. The molecule has 2 N–H and O–H groups in total. The second kappa shape index (κ2) is 11.4. The van der Waals surface area contributed by atoms with Gasteiger partial charge in [0.25, 0.3) is 0 Å². The molecule has 0 aromatic heterocycles. The first kappa shape index (κ1) is 21.8. The first-order valence-corrected chi connectivity index (χ1v) is 12.1. The van der Waals surface area contributed by atoms with Crippen LogP contribution < -0.4 is 15.4 Å². The Hall–Kier alpha value is -1.45. The quantitative estimate of drug-likeness (QED) is 0.471. The van der Waals surface area contributed by atoms with Crippen LogP contribution in [0, 0.1) is 0 Å². The summed E-state index contributed by atoms with van der Waals surface area (Å²) in [6.45, 7) is 7.23. The first-order valence-electron chi connectivity index (χ1n) is 9.35. The molecule has 7 nitrogen and oxygen atoms in total. The van der Waals surface area contributed by atoms with E-state index in [1.54, 1.807) is 16.1 Å². The van der Waals surface area contributed by atoms with Crippen LogP contribution in [0.2, 0.25) is 0 Å². The molecule has 1 saturated heterocycles. The molecule has 1 heterocycles. The van der Waals surface area contributed by atoms with Gasteiger partial charge in [0, 0.05) is 43.2 Å². The average molecular weight is 415 g/mol. The van der Waals surface area contributed by atoms with E-state index in [1.807, 2.05) is 38.1 Å². The van der Waals surface area contributed by atoms with Crippen LogP contribution in [0.25, 0.3) is 0 Å². The molecule has 0 bridgehead atoms. The number of rotatable bonds is 9. The second-order valence-corrected chi connectivity index (χ2v) is 9.30. The van der Waals surface area contributed by atoms with Crippen LogP contribution in [-0.2, 0) is 16.6 Å². The molecular formula is C18H30N4O3S2. The third-order valence-corrected chi connectivity index (χ3v) is 6.85. The predicted octanol–water partition coefficient (Wildman–Crippen LogP) is 1.52. The lowest BCUT2D eigenvalue weighted by atomic mass is 10.2. The van der Waals surface area contributed by atoms with E-state index in [0.717, 1.165) is 22.8 Å². The Bertz CT molecular complexity index is 704. The van der Waals surface area contributed by atoms with Crippen LogP contribution in [0.5, 0.6) is 5.75 Å². The fourth-order valence-corrected chi connectivity index (χ4v) is 5.18. The van der Waals surface area contributed by atoms with Gasteiger partial charge in [0.1, 0.15) is 5.75 Å². The molecule has 1 aromatic carbocycles. The van der Waals surface area contributed by atoms with Gasteiger partial charge < -0.3 is 15.4 Å². The normalized spacial score (nSPS) is 16.1. The van der Waals surface area contributed by atoms with Crippen molar-refractivity contribution in [3.8, 4) is 5.75 Å². The van der Waals surface area contributed by atoms with Gasteiger partial charge in [-0.05, 0) is 19.9 Å². The number of sulfonamides is 1. The van der Waals surface area contributed by atoms with Gasteiger partial charge in [-0.1, -0.05) is 18.2 Å². The minimum absolute atomic E-state index is 0.0671. The lowest BCUT2D eigenvalue weighted by Crippen LogP contribution is -2.44. The van der Waals surface area contributed by atoms with Crippen molar-refractivity contribution in [1.82, 2.24) is 14.9 Å². The van der Waals surface area contributed by atoms with Crippen molar-refractivity contribution in [2.24, 2.45) is 4.99 Å². The predicted molar refractivity (Wildman–Crippen MR) is 113 cm³/mol. The summed E-state index contributed by atoms with van der Waals surface area (Å²) in [4.78, 5) is 4.56. The highest BCUT2D eigenvalue weighted by atomic mass is 32.2. The number of aliphatic imine (C=N–C) groups is 1. The summed E-state index contributed by atoms with van der Waals surface area (Å²) in [5.41, 5.74) is 0.995. The summed E-state index contributed by atoms with van der Waals surface area (Å²) in [6.07, 6.45) is 0. The van der Waals surface area contributed by atoms with Crippen molar-refractivity contribution in [2.75, 3.05) is 50.0 Å². The Morgan fingerprint density at radius 3 is 2.67 bits per heavy atom. The van der Waals surface area contributed by atoms with E-state index >= 15 is 0 Å². The number of para-hydroxylation sites is 1. The van der Waals surface area contributed by atoms with E-state index in [0.29, 0.717) is 45.3 Å². The fraction of sp³-hybridized carbons (Fsp3) is 0.611. The SMILES string of the molecule is CCNC(=NCc1ccccc1OCC)NCCS(=O)(=O)N1CCSCC1. The minimum atomic E-state index is -3.22. The highest BCUT2D eigenvalue weighted by molar-refractivity contribution is 7.99. The molecule has 0 saturated carbocycles. The third kappa shape index (κ3) is 7.23. The molecule has 0 amide bonds. The van der Waals surface area contributed by atoms with Gasteiger partial charge in [0.05, 0.1) is 18.9 Å². The number of ether oxygens (including phenoxy) is 1. The monoisotopic (exact) mass is 414 g/mol. The first-order chi connectivity index (χ1) is 13.1. The molecule has 0 unspecified atom stereocenters. The highest BCUT2D eigenvalue weighted by Gasteiger charge is 2.23. The standard InChI is InChI=1S/C18H30N4O3S2/c1-3-19-18(21-15-16-7-5-6-8-17(16)25-4-2)20-9-14-27(23,24)22-10-12-26-13-11-22/h5-8H,3-4,9-15H2,1-2H3,(H2,19,20,21). The maximum Gasteiger partial charge on any atom is 0.215 e. The minimum Gasteiger partial charge on any atom is -0.494 e. The van der Waals surface area contributed by atoms with Crippen LogP contribution in [0.3, 0.4) is 0 Å². The zero-order valence-corrected chi connectivity index (χ0v) is 17.7. The average Bonchev–Trinajstić information content (AvgIpc) is 2.68. The van der Waals surface area contributed by atoms with E-state index in [-0.39, 0.29) is 5.75 Å². The number of benzene rings is 1. The lowest BCUT2D eigenvalue weighted by Gasteiger charge is -2.25. The van der Waals surface area contributed by atoms with Crippen LogP contribution >= 0.6 is 11.8 Å². The topological polar surface area (TPSA) is 83.0 Å². The molecule has 0 spiro atoms. The molecule has 27 heavy (non-hydrogen) atoms. The molecule has 1 aliphatic rings. The highest BCUT2D eigenvalue weighted by Crippen LogP contribution is 2.18. The summed E-state index contributed by atoms with van der Waals surface area (Å²) in [5, 5.41) is 6.28. The number of hydrogen-bond donors (Lipinski definition) is 2. The Balaban J connectivity index is 1.92.